The average molecular weight is 478 g/mol. The third-order valence-corrected chi connectivity index (χ3v) is 6.17. The smallest absolute Gasteiger partial charge is 0.407 e. The van der Waals surface area contributed by atoms with Crippen LogP contribution in [0.15, 0.2) is 24.4 Å². The fourth-order valence-electron chi connectivity index (χ4n) is 4.46. The van der Waals surface area contributed by atoms with E-state index >= 15 is 0 Å². The molecule has 4 rings (SSSR count). The highest BCUT2D eigenvalue weighted by Gasteiger charge is 2.25. The number of nitrogen functional groups attached to an aromatic ring is 1. The predicted octanol–water partition coefficient (Wildman–Crippen LogP) is 4.79. The van der Waals surface area contributed by atoms with Crippen molar-refractivity contribution in [2.75, 3.05) is 11.1 Å². The lowest BCUT2D eigenvalue weighted by molar-refractivity contribution is 0.0492. The summed E-state index contributed by atoms with van der Waals surface area (Å²) in [5.41, 5.74) is 10.7. The number of hydrogen-bond donors (Lipinski definition) is 3. The van der Waals surface area contributed by atoms with Crippen molar-refractivity contribution in [3.8, 4) is 11.3 Å². The van der Waals surface area contributed by atoms with E-state index in [1.807, 2.05) is 33.8 Å². The molecule has 0 radical (unpaired) electrons. The Hall–Kier alpha value is -3.49. The molecular weight excluding hydrogens is 442 g/mol. The van der Waals surface area contributed by atoms with E-state index in [-0.39, 0.29) is 18.2 Å². The number of anilines is 2. The Labute approximate surface area is 206 Å². The van der Waals surface area contributed by atoms with Crippen molar-refractivity contribution in [3.05, 3.63) is 35.7 Å². The van der Waals surface area contributed by atoms with Crippen molar-refractivity contribution in [1.82, 2.24) is 25.3 Å². The maximum Gasteiger partial charge on any atom is 0.407 e. The number of amides is 1. The first-order valence-electron chi connectivity index (χ1n) is 12.3. The minimum Gasteiger partial charge on any atom is -0.444 e. The first-order valence-corrected chi connectivity index (χ1v) is 12.3. The van der Waals surface area contributed by atoms with E-state index in [0.717, 1.165) is 65.7 Å². The van der Waals surface area contributed by atoms with E-state index in [1.165, 1.54) is 0 Å². The molecule has 0 unspecified atom stereocenters. The van der Waals surface area contributed by atoms with Gasteiger partial charge in [0.15, 0.2) is 0 Å². The first kappa shape index (κ1) is 24.6. The third-order valence-electron chi connectivity index (χ3n) is 6.17. The van der Waals surface area contributed by atoms with Gasteiger partial charge in [-0.15, -0.1) is 0 Å². The summed E-state index contributed by atoms with van der Waals surface area (Å²) in [5, 5.41) is 6.47. The Morgan fingerprint density at radius 1 is 1.11 bits per heavy atom. The summed E-state index contributed by atoms with van der Waals surface area (Å²) in [7, 11) is 0. The van der Waals surface area contributed by atoms with Crippen molar-refractivity contribution in [3.63, 3.8) is 0 Å². The normalized spacial score (nSPS) is 18.3. The van der Waals surface area contributed by atoms with Crippen LogP contribution in [0.25, 0.3) is 22.3 Å². The largest absolute Gasteiger partial charge is 0.444 e. The molecule has 0 saturated heterocycles. The van der Waals surface area contributed by atoms with E-state index in [4.69, 9.17) is 20.4 Å². The van der Waals surface area contributed by atoms with Crippen molar-refractivity contribution in [1.29, 1.82) is 0 Å². The molecule has 0 aromatic carbocycles. The number of rotatable bonds is 5. The summed E-state index contributed by atoms with van der Waals surface area (Å²) >= 11 is 0. The highest BCUT2D eigenvalue weighted by Crippen LogP contribution is 2.27. The second kappa shape index (κ2) is 10.0. The van der Waals surface area contributed by atoms with Crippen LogP contribution in [0, 0.1) is 6.92 Å². The molecule has 0 spiro atoms. The van der Waals surface area contributed by atoms with Gasteiger partial charge in [-0.1, -0.05) is 6.92 Å². The highest BCUT2D eigenvalue weighted by molar-refractivity contribution is 5.82. The molecule has 0 bridgehead atoms. The van der Waals surface area contributed by atoms with Crippen LogP contribution in [-0.4, -0.2) is 43.7 Å². The van der Waals surface area contributed by atoms with Crippen molar-refractivity contribution < 1.29 is 9.53 Å². The Bertz CT molecular complexity index is 1210. The minimum atomic E-state index is -0.492. The van der Waals surface area contributed by atoms with E-state index in [9.17, 15) is 4.79 Å². The molecule has 0 aliphatic heterocycles. The third kappa shape index (κ3) is 6.15. The molecule has 1 aliphatic carbocycles. The number of carbonyl (C=O) groups is 1. The lowest BCUT2D eigenvalue weighted by Crippen LogP contribution is -2.42. The van der Waals surface area contributed by atoms with E-state index < -0.39 is 5.60 Å². The summed E-state index contributed by atoms with van der Waals surface area (Å²) in [4.78, 5) is 30.6. The van der Waals surface area contributed by atoms with Gasteiger partial charge in [0, 0.05) is 23.3 Å². The molecule has 9 heteroatoms. The molecule has 3 aromatic rings. The average Bonchev–Trinajstić information content (AvgIpc) is 2.78. The zero-order chi connectivity index (χ0) is 25.2. The molecule has 35 heavy (non-hydrogen) atoms. The summed E-state index contributed by atoms with van der Waals surface area (Å²) in [5.74, 6) is 1.10. The van der Waals surface area contributed by atoms with Gasteiger partial charge in [-0.05, 0) is 83.6 Å². The number of hydrogen-bond acceptors (Lipinski definition) is 8. The first-order chi connectivity index (χ1) is 16.6. The molecule has 186 valence electrons. The van der Waals surface area contributed by atoms with Crippen LogP contribution >= 0.6 is 0 Å². The van der Waals surface area contributed by atoms with E-state index in [1.54, 1.807) is 12.3 Å². The number of aryl methyl sites for hydroxylation is 2. The van der Waals surface area contributed by atoms with Gasteiger partial charge in [-0.2, -0.15) is 0 Å². The molecule has 1 saturated carbocycles. The molecule has 1 amide bonds. The molecular formula is C26H35N7O2. The molecule has 1 aliphatic rings. The zero-order valence-electron chi connectivity index (χ0n) is 21.2. The number of alkyl carbamates (subject to hydrolysis) is 1. The van der Waals surface area contributed by atoms with Crippen molar-refractivity contribution in [2.24, 2.45) is 0 Å². The molecule has 3 aromatic heterocycles. The van der Waals surface area contributed by atoms with Crippen LogP contribution in [0.4, 0.5) is 16.6 Å². The number of nitrogens with one attached hydrogen (secondary N) is 2. The maximum atomic E-state index is 12.0. The van der Waals surface area contributed by atoms with Crippen LogP contribution in [0.2, 0.25) is 0 Å². The lowest BCUT2D eigenvalue weighted by atomic mass is 9.91. The monoisotopic (exact) mass is 477 g/mol. The molecule has 9 nitrogen and oxygen atoms in total. The van der Waals surface area contributed by atoms with Gasteiger partial charge in [-0.3, -0.25) is 0 Å². The summed E-state index contributed by atoms with van der Waals surface area (Å²) in [6.45, 7) is 9.65. The number of carbonyl (C=O) groups excluding carboxylic acids is 1. The number of nitrogens with zero attached hydrogens (tertiary/aromatic N) is 4. The number of aromatic nitrogens is 4. The number of nitrogens with two attached hydrogens (primary N) is 1. The van der Waals surface area contributed by atoms with Crippen LogP contribution in [0.5, 0.6) is 0 Å². The minimum absolute atomic E-state index is 0.126. The SMILES string of the molecule is CCc1cc(-c2ccc(N)nc2C)nc2cnc(N[C@H]3CC[C@H](NC(=O)OC(C)(C)C)CC3)nc12. The fourth-order valence-corrected chi connectivity index (χ4v) is 4.46. The van der Waals surface area contributed by atoms with Gasteiger partial charge in [0.05, 0.1) is 17.4 Å². The Kier molecular flexibility index (Phi) is 7.05. The van der Waals surface area contributed by atoms with Crippen LogP contribution in [0.1, 0.15) is 64.6 Å². The number of fused-ring (bicyclic) bond motifs is 1. The van der Waals surface area contributed by atoms with Gasteiger partial charge in [0.1, 0.15) is 16.9 Å². The molecule has 1 fully saturated rings. The maximum absolute atomic E-state index is 12.0. The standard InChI is InChI=1S/C26H35N7O2/c1-6-16-13-20(19-11-12-22(27)29-15(19)2)32-21-14-28-24(33-23(16)21)30-17-7-9-18(10-8-17)31-25(34)35-26(3,4)5/h11-14,17-18H,6-10H2,1-5H3,(H2,27,29)(H,31,34)(H,28,30,33)/t17-,18-. The summed E-state index contributed by atoms with van der Waals surface area (Å²) < 4.78 is 5.37. The number of pyridine rings is 2. The fraction of sp³-hybridized carbons (Fsp3) is 0.500. The van der Waals surface area contributed by atoms with Gasteiger partial charge >= 0.3 is 6.09 Å². The second-order valence-corrected chi connectivity index (χ2v) is 10.2. The lowest BCUT2D eigenvalue weighted by Gasteiger charge is -2.30. The second-order valence-electron chi connectivity index (χ2n) is 10.2. The summed E-state index contributed by atoms with van der Waals surface area (Å²) in [6.07, 6.45) is 5.85. The molecule has 4 N–H and O–H groups in total. The van der Waals surface area contributed by atoms with Crippen molar-refractivity contribution >= 4 is 28.9 Å². The predicted molar refractivity (Wildman–Crippen MR) is 138 cm³/mol. The van der Waals surface area contributed by atoms with Crippen LogP contribution < -0.4 is 16.4 Å². The quantitative estimate of drug-likeness (QED) is 0.479. The molecule has 0 atom stereocenters. The Balaban J connectivity index is 1.44. The van der Waals surface area contributed by atoms with Gasteiger partial charge in [-0.25, -0.2) is 24.7 Å². The molecule has 3 heterocycles. The van der Waals surface area contributed by atoms with Gasteiger partial charge in [0.2, 0.25) is 5.95 Å². The summed E-state index contributed by atoms with van der Waals surface area (Å²) in [6, 6.07) is 6.20. The topological polar surface area (TPSA) is 128 Å². The number of ether oxygens (including phenoxy) is 1. The Morgan fingerprint density at radius 3 is 2.49 bits per heavy atom. The van der Waals surface area contributed by atoms with E-state index in [2.05, 4.69) is 33.6 Å². The highest BCUT2D eigenvalue weighted by atomic mass is 16.6. The van der Waals surface area contributed by atoms with Crippen LogP contribution in [0.3, 0.4) is 0 Å². The van der Waals surface area contributed by atoms with E-state index in [0.29, 0.717) is 11.8 Å². The Morgan fingerprint density at radius 2 is 1.83 bits per heavy atom. The van der Waals surface area contributed by atoms with Crippen molar-refractivity contribution in [2.45, 2.75) is 84.4 Å². The van der Waals surface area contributed by atoms with Gasteiger partial charge in [0.25, 0.3) is 0 Å². The van der Waals surface area contributed by atoms with Crippen LogP contribution in [-0.2, 0) is 11.2 Å². The van der Waals surface area contributed by atoms with Gasteiger partial charge < -0.3 is 21.1 Å². The zero-order valence-corrected chi connectivity index (χ0v) is 21.2.